The molecule has 64 valence electrons. The molecule has 0 unspecified atom stereocenters. The minimum Gasteiger partial charge on any atom is -0.334 e. The molecular weight excluding hydrogens is 148 g/mol. The minimum absolute atomic E-state index is 1.05. The largest absolute Gasteiger partial charge is 0.334 e. The van der Waals surface area contributed by atoms with E-state index in [1.54, 1.807) is 5.57 Å². The van der Waals surface area contributed by atoms with Crippen molar-refractivity contribution in [2.45, 2.75) is 33.2 Å². The molecule has 0 N–H and O–H groups in total. The number of hydrogen-bond acceptors (Lipinski definition) is 1. The molecule has 0 aromatic carbocycles. The molecule has 1 aliphatic heterocycles. The fraction of sp³-hybridized carbons (Fsp3) is 0.500. The van der Waals surface area contributed by atoms with Gasteiger partial charge in [-0.05, 0) is 20.3 Å². The molecule has 2 heterocycles. The fourth-order valence-electron chi connectivity index (χ4n) is 1.67. The van der Waals surface area contributed by atoms with Crippen molar-refractivity contribution < 1.29 is 0 Å². The summed E-state index contributed by atoms with van der Waals surface area (Å²) in [5.41, 5.74) is 3.03. The summed E-state index contributed by atoms with van der Waals surface area (Å²) in [6.07, 6.45) is 6.21. The van der Waals surface area contributed by atoms with Gasteiger partial charge in [0.15, 0.2) is 0 Å². The van der Waals surface area contributed by atoms with Crippen LogP contribution in [-0.2, 0) is 13.0 Å². The molecule has 1 aromatic rings. The van der Waals surface area contributed by atoms with E-state index in [0.717, 1.165) is 13.0 Å². The van der Waals surface area contributed by atoms with Gasteiger partial charge >= 0.3 is 0 Å². The van der Waals surface area contributed by atoms with Gasteiger partial charge in [0.25, 0.3) is 0 Å². The second-order valence-electron chi connectivity index (χ2n) is 3.57. The Morgan fingerprint density at radius 2 is 2.33 bits per heavy atom. The van der Waals surface area contributed by atoms with E-state index in [-0.39, 0.29) is 0 Å². The number of fused-ring (bicyclic) bond motifs is 1. The van der Waals surface area contributed by atoms with Crippen molar-refractivity contribution >= 4 is 0 Å². The maximum absolute atomic E-state index is 4.32. The Bertz CT molecular complexity index is 316. The lowest BCUT2D eigenvalue weighted by atomic mass is 10.0. The van der Waals surface area contributed by atoms with Crippen LogP contribution in [0.4, 0.5) is 0 Å². The Labute approximate surface area is 72.9 Å². The topological polar surface area (TPSA) is 17.8 Å². The molecule has 12 heavy (non-hydrogen) atoms. The first kappa shape index (κ1) is 7.59. The third kappa shape index (κ3) is 1.17. The van der Waals surface area contributed by atoms with Crippen LogP contribution in [0.25, 0.3) is 0 Å². The number of aryl methyl sites for hydroxylation is 1. The van der Waals surface area contributed by atoms with Crippen molar-refractivity contribution in [2.75, 3.05) is 0 Å². The van der Waals surface area contributed by atoms with Gasteiger partial charge in [-0.1, -0.05) is 11.1 Å². The van der Waals surface area contributed by atoms with E-state index in [0.29, 0.717) is 0 Å². The van der Waals surface area contributed by atoms with Gasteiger partial charge in [0.05, 0.1) is 0 Å². The summed E-state index contributed by atoms with van der Waals surface area (Å²) >= 11 is 0. The van der Waals surface area contributed by atoms with Gasteiger partial charge in [0.2, 0.25) is 0 Å². The highest BCUT2D eigenvalue weighted by Crippen LogP contribution is 2.20. The SMILES string of the molecule is CC(C)=C1CCn2ccnc2C1. The van der Waals surface area contributed by atoms with E-state index in [1.807, 2.05) is 6.20 Å². The van der Waals surface area contributed by atoms with Gasteiger partial charge < -0.3 is 4.57 Å². The molecule has 0 saturated carbocycles. The molecule has 2 rings (SSSR count). The highest BCUT2D eigenvalue weighted by atomic mass is 15.1. The van der Waals surface area contributed by atoms with Crippen LogP contribution >= 0.6 is 0 Å². The van der Waals surface area contributed by atoms with Crippen LogP contribution in [0.15, 0.2) is 23.5 Å². The lowest BCUT2D eigenvalue weighted by Gasteiger charge is -2.18. The first-order chi connectivity index (χ1) is 5.77. The Hall–Kier alpha value is -1.05. The summed E-state index contributed by atoms with van der Waals surface area (Å²) in [6.45, 7) is 5.48. The van der Waals surface area contributed by atoms with E-state index in [2.05, 4.69) is 29.6 Å². The van der Waals surface area contributed by atoms with E-state index in [9.17, 15) is 0 Å². The maximum atomic E-state index is 4.32. The lowest BCUT2D eigenvalue weighted by molar-refractivity contribution is 0.598. The molecule has 0 atom stereocenters. The van der Waals surface area contributed by atoms with Crippen LogP contribution in [0, 0.1) is 0 Å². The van der Waals surface area contributed by atoms with Gasteiger partial charge in [0, 0.05) is 25.4 Å². The highest BCUT2D eigenvalue weighted by Gasteiger charge is 2.13. The molecule has 1 aromatic heterocycles. The molecule has 0 fully saturated rings. The first-order valence-corrected chi connectivity index (χ1v) is 4.42. The van der Waals surface area contributed by atoms with E-state index < -0.39 is 0 Å². The van der Waals surface area contributed by atoms with Crippen molar-refractivity contribution in [3.8, 4) is 0 Å². The molecule has 0 bridgehead atoms. The third-order valence-corrected chi connectivity index (χ3v) is 2.53. The molecule has 0 spiro atoms. The fourth-order valence-corrected chi connectivity index (χ4v) is 1.67. The van der Waals surface area contributed by atoms with E-state index in [1.165, 1.54) is 17.8 Å². The second-order valence-corrected chi connectivity index (χ2v) is 3.57. The molecule has 0 aliphatic carbocycles. The third-order valence-electron chi connectivity index (χ3n) is 2.53. The van der Waals surface area contributed by atoms with Crippen molar-refractivity contribution in [1.29, 1.82) is 0 Å². The molecule has 0 radical (unpaired) electrons. The summed E-state index contributed by atoms with van der Waals surface area (Å²) in [5.74, 6) is 1.22. The number of hydrogen-bond donors (Lipinski definition) is 0. The molecular formula is C10H14N2. The predicted molar refractivity (Wildman–Crippen MR) is 48.9 cm³/mol. The van der Waals surface area contributed by atoms with Gasteiger partial charge in [-0.3, -0.25) is 0 Å². The van der Waals surface area contributed by atoms with Gasteiger partial charge in [0.1, 0.15) is 5.82 Å². The predicted octanol–water partition coefficient (Wildman–Crippen LogP) is 2.17. The maximum Gasteiger partial charge on any atom is 0.112 e. The summed E-state index contributed by atoms with van der Waals surface area (Å²) < 4.78 is 2.24. The highest BCUT2D eigenvalue weighted by molar-refractivity contribution is 5.18. The number of rotatable bonds is 0. The zero-order valence-corrected chi connectivity index (χ0v) is 7.67. The zero-order chi connectivity index (χ0) is 8.55. The summed E-state index contributed by atoms with van der Waals surface area (Å²) in [6, 6.07) is 0. The van der Waals surface area contributed by atoms with Crippen molar-refractivity contribution in [3.05, 3.63) is 29.4 Å². The number of allylic oxidation sites excluding steroid dienone is 2. The van der Waals surface area contributed by atoms with Crippen molar-refractivity contribution in [3.63, 3.8) is 0 Å². The van der Waals surface area contributed by atoms with Crippen LogP contribution in [0.2, 0.25) is 0 Å². The van der Waals surface area contributed by atoms with E-state index in [4.69, 9.17) is 0 Å². The molecule has 0 saturated heterocycles. The van der Waals surface area contributed by atoms with Crippen LogP contribution < -0.4 is 0 Å². The minimum atomic E-state index is 1.05. The van der Waals surface area contributed by atoms with Crippen LogP contribution in [0.5, 0.6) is 0 Å². The Kier molecular flexibility index (Phi) is 1.75. The number of nitrogens with zero attached hydrogens (tertiary/aromatic N) is 2. The zero-order valence-electron chi connectivity index (χ0n) is 7.67. The number of imidazole rings is 1. The molecule has 2 heteroatoms. The Morgan fingerprint density at radius 3 is 3.08 bits per heavy atom. The lowest BCUT2D eigenvalue weighted by Crippen LogP contribution is -2.12. The van der Waals surface area contributed by atoms with Crippen molar-refractivity contribution in [2.24, 2.45) is 0 Å². The second kappa shape index (κ2) is 2.77. The van der Waals surface area contributed by atoms with Crippen LogP contribution in [0.3, 0.4) is 0 Å². The average molecular weight is 162 g/mol. The van der Waals surface area contributed by atoms with Gasteiger partial charge in [-0.15, -0.1) is 0 Å². The molecule has 1 aliphatic rings. The summed E-state index contributed by atoms with van der Waals surface area (Å²) in [5, 5.41) is 0. The van der Waals surface area contributed by atoms with Crippen LogP contribution in [-0.4, -0.2) is 9.55 Å². The number of aromatic nitrogens is 2. The quantitative estimate of drug-likeness (QED) is 0.534. The first-order valence-electron chi connectivity index (χ1n) is 4.42. The summed E-state index contributed by atoms with van der Waals surface area (Å²) in [4.78, 5) is 4.32. The normalized spacial score (nSPS) is 16.0. The van der Waals surface area contributed by atoms with Crippen molar-refractivity contribution in [1.82, 2.24) is 9.55 Å². The average Bonchev–Trinajstić information content (AvgIpc) is 2.49. The Balaban J connectivity index is 2.32. The summed E-state index contributed by atoms with van der Waals surface area (Å²) in [7, 11) is 0. The standard InChI is InChI=1S/C10H14N2/c1-8(2)9-3-5-12-6-4-11-10(12)7-9/h4,6H,3,5,7H2,1-2H3. The molecule has 0 amide bonds. The van der Waals surface area contributed by atoms with E-state index >= 15 is 0 Å². The monoisotopic (exact) mass is 162 g/mol. The van der Waals surface area contributed by atoms with Gasteiger partial charge in [-0.2, -0.15) is 0 Å². The van der Waals surface area contributed by atoms with Crippen LogP contribution in [0.1, 0.15) is 26.1 Å². The smallest absolute Gasteiger partial charge is 0.112 e. The Morgan fingerprint density at radius 1 is 1.50 bits per heavy atom. The van der Waals surface area contributed by atoms with Gasteiger partial charge in [-0.25, -0.2) is 4.98 Å². The molecule has 2 nitrogen and oxygen atoms in total.